The molecule has 2 heterocycles. The Kier molecular flexibility index (Phi) is 4.66. The summed E-state index contributed by atoms with van der Waals surface area (Å²) in [7, 11) is 0. The van der Waals surface area contributed by atoms with E-state index in [0.717, 1.165) is 57.3 Å². The summed E-state index contributed by atoms with van der Waals surface area (Å²) in [6.07, 6.45) is 7.10. The van der Waals surface area contributed by atoms with E-state index in [0.29, 0.717) is 16.5 Å². The van der Waals surface area contributed by atoms with Gasteiger partial charge in [0.05, 0.1) is 16.9 Å². The fraction of sp³-hybridized carbons (Fsp3) is 0.375. The first-order valence-corrected chi connectivity index (χ1v) is 10.6. The van der Waals surface area contributed by atoms with Gasteiger partial charge in [-0.25, -0.2) is 4.98 Å². The van der Waals surface area contributed by atoms with E-state index in [1.807, 2.05) is 10.6 Å². The minimum atomic E-state index is -0.106. The maximum absolute atomic E-state index is 13.0. The largest absolute Gasteiger partial charge is 0.345 e. The summed E-state index contributed by atoms with van der Waals surface area (Å²) in [6, 6.07) is 13.7. The lowest BCUT2D eigenvalue weighted by Gasteiger charge is -2.26. The Labute approximate surface area is 169 Å². The Bertz CT molecular complexity index is 1150. The van der Waals surface area contributed by atoms with E-state index in [4.69, 9.17) is 4.98 Å². The van der Waals surface area contributed by atoms with Gasteiger partial charge in [-0.1, -0.05) is 30.7 Å². The Morgan fingerprint density at radius 2 is 1.93 bits per heavy atom. The quantitative estimate of drug-likeness (QED) is 0.725. The second-order valence-electron chi connectivity index (χ2n) is 8.14. The molecule has 29 heavy (non-hydrogen) atoms. The van der Waals surface area contributed by atoms with Gasteiger partial charge in [0.2, 0.25) is 0 Å². The molecule has 3 aromatic rings. The molecule has 1 aliphatic carbocycles. The molecule has 0 saturated carbocycles. The molecule has 2 aromatic carbocycles. The standard InChI is InChI=1S/C24H25N3O2/c28-23(26-20-10-6-8-16-7-3-4-9-18(16)20)17-12-13-19-21(15-17)25-22-11-2-1-5-14-27(22)24(19)29/h3-4,7,9,12-13,15,20H,1-2,5-6,8,10-11,14H2,(H,26,28). The Balaban J connectivity index is 1.46. The number of hydrogen-bond acceptors (Lipinski definition) is 3. The van der Waals surface area contributed by atoms with Crippen LogP contribution in [0.3, 0.4) is 0 Å². The third-order valence-corrected chi connectivity index (χ3v) is 6.25. The van der Waals surface area contributed by atoms with Crippen molar-refractivity contribution in [3.8, 4) is 0 Å². The van der Waals surface area contributed by atoms with E-state index >= 15 is 0 Å². The van der Waals surface area contributed by atoms with Crippen LogP contribution in [-0.2, 0) is 19.4 Å². The summed E-state index contributed by atoms with van der Waals surface area (Å²) in [4.78, 5) is 30.6. The maximum Gasteiger partial charge on any atom is 0.261 e. The molecule has 0 spiro atoms. The zero-order valence-corrected chi connectivity index (χ0v) is 16.5. The molecule has 1 unspecified atom stereocenters. The highest BCUT2D eigenvalue weighted by molar-refractivity contribution is 5.97. The van der Waals surface area contributed by atoms with Gasteiger partial charge >= 0.3 is 0 Å². The van der Waals surface area contributed by atoms with Crippen molar-refractivity contribution in [1.29, 1.82) is 0 Å². The van der Waals surface area contributed by atoms with Crippen LogP contribution in [0.2, 0.25) is 0 Å². The molecule has 1 aliphatic heterocycles. The predicted octanol–water partition coefficient (Wildman–Crippen LogP) is 3.93. The number of amides is 1. The highest BCUT2D eigenvalue weighted by atomic mass is 16.1. The van der Waals surface area contributed by atoms with Crippen LogP contribution in [0, 0.1) is 0 Å². The van der Waals surface area contributed by atoms with E-state index in [9.17, 15) is 9.59 Å². The van der Waals surface area contributed by atoms with Crippen molar-refractivity contribution in [1.82, 2.24) is 14.9 Å². The minimum Gasteiger partial charge on any atom is -0.345 e. The highest BCUT2D eigenvalue weighted by Crippen LogP contribution is 2.29. The van der Waals surface area contributed by atoms with Gasteiger partial charge in [-0.15, -0.1) is 0 Å². The van der Waals surface area contributed by atoms with E-state index in [1.165, 1.54) is 11.1 Å². The molecule has 0 radical (unpaired) electrons. The van der Waals surface area contributed by atoms with Gasteiger partial charge in [-0.3, -0.25) is 14.2 Å². The number of carbonyl (C=O) groups is 1. The molecular weight excluding hydrogens is 362 g/mol. The summed E-state index contributed by atoms with van der Waals surface area (Å²) < 4.78 is 1.81. The van der Waals surface area contributed by atoms with Crippen LogP contribution in [0.5, 0.6) is 0 Å². The molecule has 1 amide bonds. The fourth-order valence-electron chi connectivity index (χ4n) is 4.70. The SMILES string of the molecule is O=C(NC1CCCc2ccccc21)c1ccc2c(=O)n3c(nc2c1)CCCCC3. The van der Waals surface area contributed by atoms with Crippen LogP contribution in [0.4, 0.5) is 0 Å². The first-order chi connectivity index (χ1) is 14.2. The molecule has 0 bridgehead atoms. The van der Waals surface area contributed by atoms with E-state index in [-0.39, 0.29) is 17.5 Å². The van der Waals surface area contributed by atoms with Gasteiger partial charge in [0.1, 0.15) is 5.82 Å². The van der Waals surface area contributed by atoms with E-state index < -0.39 is 0 Å². The van der Waals surface area contributed by atoms with Gasteiger partial charge < -0.3 is 5.32 Å². The molecule has 5 rings (SSSR count). The second-order valence-corrected chi connectivity index (χ2v) is 8.14. The van der Waals surface area contributed by atoms with Gasteiger partial charge in [-0.05, 0) is 61.4 Å². The summed E-state index contributed by atoms with van der Waals surface area (Å²) >= 11 is 0. The highest BCUT2D eigenvalue weighted by Gasteiger charge is 2.22. The first kappa shape index (κ1) is 18.1. The van der Waals surface area contributed by atoms with E-state index in [1.54, 1.807) is 18.2 Å². The molecule has 1 aromatic heterocycles. The summed E-state index contributed by atoms with van der Waals surface area (Å²) in [6.45, 7) is 0.737. The van der Waals surface area contributed by atoms with Crippen LogP contribution in [0.25, 0.3) is 10.9 Å². The third-order valence-electron chi connectivity index (χ3n) is 6.25. The molecule has 1 atom stereocenters. The van der Waals surface area contributed by atoms with Crippen molar-refractivity contribution in [2.24, 2.45) is 0 Å². The average molecular weight is 387 g/mol. The maximum atomic E-state index is 13.0. The lowest BCUT2D eigenvalue weighted by molar-refractivity contribution is 0.0933. The monoisotopic (exact) mass is 387 g/mol. The summed E-state index contributed by atoms with van der Waals surface area (Å²) in [5.41, 5.74) is 3.74. The number of fused-ring (bicyclic) bond motifs is 3. The van der Waals surface area contributed by atoms with Gasteiger partial charge in [-0.2, -0.15) is 0 Å². The molecule has 2 aliphatic rings. The molecule has 5 heteroatoms. The van der Waals surface area contributed by atoms with Crippen molar-refractivity contribution in [2.45, 2.75) is 57.5 Å². The summed E-state index contributed by atoms with van der Waals surface area (Å²) in [5, 5.41) is 3.79. The fourth-order valence-corrected chi connectivity index (χ4v) is 4.70. The Morgan fingerprint density at radius 3 is 2.86 bits per heavy atom. The Morgan fingerprint density at radius 1 is 1.03 bits per heavy atom. The number of nitrogens with zero attached hydrogens (tertiary/aromatic N) is 2. The smallest absolute Gasteiger partial charge is 0.261 e. The lowest BCUT2D eigenvalue weighted by atomic mass is 9.87. The zero-order valence-electron chi connectivity index (χ0n) is 16.5. The average Bonchev–Trinajstić information content (AvgIpc) is 2.99. The van der Waals surface area contributed by atoms with Gasteiger partial charge in [0.15, 0.2) is 0 Å². The normalized spacial score (nSPS) is 18.6. The third kappa shape index (κ3) is 3.35. The van der Waals surface area contributed by atoms with Crippen LogP contribution in [0.15, 0.2) is 47.3 Å². The molecule has 1 N–H and O–H groups in total. The van der Waals surface area contributed by atoms with Crippen molar-refractivity contribution in [2.75, 3.05) is 0 Å². The minimum absolute atomic E-state index is 0.0140. The number of nitrogens with one attached hydrogen (secondary N) is 1. The van der Waals surface area contributed by atoms with Crippen molar-refractivity contribution in [3.05, 3.63) is 75.3 Å². The van der Waals surface area contributed by atoms with Crippen LogP contribution in [0.1, 0.15) is 65.5 Å². The number of rotatable bonds is 2. The van der Waals surface area contributed by atoms with Crippen LogP contribution < -0.4 is 10.9 Å². The number of aromatic nitrogens is 2. The number of carbonyl (C=O) groups excluding carboxylic acids is 1. The number of benzene rings is 2. The molecular formula is C24H25N3O2. The molecule has 0 fully saturated rings. The lowest BCUT2D eigenvalue weighted by Crippen LogP contribution is -2.31. The predicted molar refractivity (Wildman–Crippen MR) is 113 cm³/mol. The second kappa shape index (κ2) is 7.47. The van der Waals surface area contributed by atoms with Gasteiger partial charge in [0, 0.05) is 18.5 Å². The summed E-state index contributed by atoms with van der Waals surface area (Å²) in [5.74, 6) is 0.740. The number of aryl methyl sites for hydroxylation is 2. The van der Waals surface area contributed by atoms with Crippen LogP contribution in [-0.4, -0.2) is 15.5 Å². The first-order valence-electron chi connectivity index (χ1n) is 10.6. The molecule has 5 nitrogen and oxygen atoms in total. The zero-order chi connectivity index (χ0) is 19.8. The van der Waals surface area contributed by atoms with Gasteiger partial charge in [0.25, 0.3) is 11.5 Å². The van der Waals surface area contributed by atoms with E-state index in [2.05, 4.69) is 23.5 Å². The topological polar surface area (TPSA) is 64.0 Å². The van der Waals surface area contributed by atoms with Crippen molar-refractivity contribution < 1.29 is 4.79 Å². The van der Waals surface area contributed by atoms with Crippen molar-refractivity contribution >= 4 is 16.8 Å². The molecule has 148 valence electrons. The Hall–Kier alpha value is -2.95. The molecule has 0 saturated heterocycles. The van der Waals surface area contributed by atoms with Crippen LogP contribution >= 0.6 is 0 Å². The van der Waals surface area contributed by atoms with Crippen molar-refractivity contribution in [3.63, 3.8) is 0 Å². The number of hydrogen-bond donors (Lipinski definition) is 1.